The molecule has 0 unspecified atom stereocenters. The summed E-state index contributed by atoms with van der Waals surface area (Å²) in [6.07, 6.45) is 0. The molecular weight excluding hydrogens is 236 g/mol. The number of carbonyl (C=O) groups excluding carboxylic acids is 1. The normalized spacial score (nSPS) is 10.9. The largest absolute Gasteiger partial charge is 0.544 e. The average Bonchev–Trinajstić information content (AvgIpc) is 2.25. The zero-order valence-electron chi connectivity index (χ0n) is 10.9. The van der Waals surface area contributed by atoms with Crippen molar-refractivity contribution in [3.05, 3.63) is 23.8 Å². The summed E-state index contributed by atoms with van der Waals surface area (Å²) in [4.78, 5) is 11.6. The molecule has 1 aromatic rings. The molecule has 5 heteroatoms. The van der Waals surface area contributed by atoms with Crippen LogP contribution in [0.2, 0.25) is 19.6 Å². The minimum absolute atomic E-state index is 0.402. The van der Waals surface area contributed by atoms with E-state index in [4.69, 9.17) is 13.9 Å². The lowest BCUT2D eigenvalue weighted by atomic mass is 10.2. The molecular formula is C12H18O4Si. The fourth-order valence-corrected chi connectivity index (χ4v) is 2.15. The Balaban J connectivity index is 3.16. The van der Waals surface area contributed by atoms with Gasteiger partial charge in [-0.1, -0.05) is 0 Å². The van der Waals surface area contributed by atoms with Crippen LogP contribution in [-0.4, -0.2) is 28.5 Å². The summed E-state index contributed by atoms with van der Waals surface area (Å²) in [6, 6.07) is 5.08. The number of esters is 1. The molecule has 17 heavy (non-hydrogen) atoms. The second kappa shape index (κ2) is 5.22. The zero-order valence-corrected chi connectivity index (χ0v) is 11.9. The van der Waals surface area contributed by atoms with Gasteiger partial charge in [0.05, 0.1) is 14.2 Å². The van der Waals surface area contributed by atoms with Gasteiger partial charge in [-0.15, -0.1) is 0 Å². The molecule has 0 N–H and O–H groups in total. The first-order chi connectivity index (χ1) is 7.87. The lowest BCUT2D eigenvalue weighted by Gasteiger charge is -2.21. The molecule has 0 heterocycles. The van der Waals surface area contributed by atoms with Gasteiger partial charge in [0, 0.05) is 6.07 Å². The van der Waals surface area contributed by atoms with E-state index >= 15 is 0 Å². The molecule has 1 rings (SSSR count). The number of rotatable bonds is 4. The van der Waals surface area contributed by atoms with Crippen LogP contribution in [-0.2, 0) is 4.74 Å². The van der Waals surface area contributed by atoms with Crippen LogP contribution < -0.4 is 9.16 Å². The molecule has 0 radical (unpaired) electrons. The van der Waals surface area contributed by atoms with Gasteiger partial charge >= 0.3 is 5.97 Å². The maximum atomic E-state index is 11.6. The van der Waals surface area contributed by atoms with E-state index in [2.05, 4.69) is 0 Å². The van der Waals surface area contributed by atoms with Crippen molar-refractivity contribution in [1.29, 1.82) is 0 Å². The molecule has 0 saturated heterocycles. The number of carbonyl (C=O) groups is 1. The topological polar surface area (TPSA) is 44.8 Å². The first kappa shape index (κ1) is 13.6. The first-order valence-corrected chi connectivity index (χ1v) is 8.73. The van der Waals surface area contributed by atoms with E-state index < -0.39 is 14.3 Å². The van der Waals surface area contributed by atoms with E-state index in [1.165, 1.54) is 7.11 Å². The van der Waals surface area contributed by atoms with Crippen LogP contribution >= 0.6 is 0 Å². The third-order valence-corrected chi connectivity index (χ3v) is 2.84. The Morgan fingerprint density at radius 3 is 2.29 bits per heavy atom. The lowest BCUT2D eigenvalue weighted by Crippen LogP contribution is -2.30. The van der Waals surface area contributed by atoms with Gasteiger partial charge < -0.3 is 13.9 Å². The third-order valence-electron chi connectivity index (χ3n) is 2.01. The Labute approximate surface area is 103 Å². The van der Waals surface area contributed by atoms with Crippen molar-refractivity contribution in [1.82, 2.24) is 0 Å². The highest BCUT2D eigenvalue weighted by molar-refractivity contribution is 6.70. The fourth-order valence-electron chi connectivity index (χ4n) is 1.32. The number of hydrogen-bond acceptors (Lipinski definition) is 4. The van der Waals surface area contributed by atoms with Gasteiger partial charge in [0.15, 0.2) is 0 Å². The van der Waals surface area contributed by atoms with Crippen molar-refractivity contribution in [3.63, 3.8) is 0 Å². The maximum absolute atomic E-state index is 11.6. The minimum Gasteiger partial charge on any atom is -0.544 e. The van der Waals surface area contributed by atoms with Crippen LogP contribution in [0.3, 0.4) is 0 Å². The molecule has 0 aliphatic carbocycles. The number of hydrogen-bond donors (Lipinski definition) is 0. The quantitative estimate of drug-likeness (QED) is 0.612. The first-order valence-electron chi connectivity index (χ1n) is 5.33. The van der Waals surface area contributed by atoms with Crippen LogP contribution in [0.5, 0.6) is 11.5 Å². The highest BCUT2D eigenvalue weighted by Gasteiger charge is 2.21. The fraction of sp³-hybridized carbons (Fsp3) is 0.417. The Morgan fingerprint density at radius 2 is 1.82 bits per heavy atom. The van der Waals surface area contributed by atoms with Crippen molar-refractivity contribution in [2.24, 2.45) is 0 Å². The molecule has 0 saturated carbocycles. The van der Waals surface area contributed by atoms with Gasteiger partial charge in [-0.3, -0.25) is 0 Å². The van der Waals surface area contributed by atoms with Crippen LogP contribution in [0.1, 0.15) is 10.4 Å². The standard InChI is InChI=1S/C12H18O4Si/c1-14-9-6-7-10(12(13)15-2)11(8-9)16-17(3,4)5/h6-8H,1-5H3. The summed E-state index contributed by atoms with van der Waals surface area (Å²) in [7, 11) is 1.14. The Kier molecular flexibility index (Phi) is 4.17. The molecule has 0 atom stereocenters. The molecule has 0 aliphatic rings. The second-order valence-electron chi connectivity index (χ2n) is 4.57. The van der Waals surface area contributed by atoms with E-state index in [0.717, 1.165) is 0 Å². The average molecular weight is 254 g/mol. The van der Waals surface area contributed by atoms with Crippen molar-refractivity contribution in [2.45, 2.75) is 19.6 Å². The van der Waals surface area contributed by atoms with Crippen LogP contribution in [0.25, 0.3) is 0 Å². The third kappa shape index (κ3) is 3.78. The van der Waals surface area contributed by atoms with Gasteiger partial charge in [-0.05, 0) is 31.8 Å². The van der Waals surface area contributed by atoms with Crippen LogP contribution in [0.15, 0.2) is 18.2 Å². The van der Waals surface area contributed by atoms with E-state index in [-0.39, 0.29) is 0 Å². The molecule has 94 valence electrons. The van der Waals surface area contributed by atoms with Crippen molar-refractivity contribution >= 4 is 14.3 Å². The van der Waals surface area contributed by atoms with E-state index in [0.29, 0.717) is 17.1 Å². The molecule has 1 aromatic carbocycles. The predicted molar refractivity (Wildman–Crippen MR) is 68.3 cm³/mol. The number of methoxy groups -OCH3 is 2. The van der Waals surface area contributed by atoms with Gasteiger partial charge in [-0.2, -0.15) is 0 Å². The summed E-state index contributed by atoms with van der Waals surface area (Å²) >= 11 is 0. The highest BCUT2D eigenvalue weighted by atomic mass is 28.4. The molecule has 0 aromatic heterocycles. The number of benzene rings is 1. The Bertz CT molecular complexity index is 409. The number of ether oxygens (including phenoxy) is 2. The predicted octanol–water partition coefficient (Wildman–Crippen LogP) is 2.70. The smallest absolute Gasteiger partial charge is 0.341 e. The zero-order chi connectivity index (χ0) is 13.1. The van der Waals surface area contributed by atoms with Gasteiger partial charge in [0.2, 0.25) is 8.32 Å². The lowest BCUT2D eigenvalue weighted by molar-refractivity contribution is 0.0598. The maximum Gasteiger partial charge on any atom is 0.341 e. The molecule has 0 bridgehead atoms. The molecule has 0 fully saturated rings. The van der Waals surface area contributed by atoms with Gasteiger partial charge in [-0.25, -0.2) is 4.79 Å². The summed E-state index contributed by atoms with van der Waals surface area (Å²) < 4.78 is 15.7. The molecule has 0 aliphatic heterocycles. The van der Waals surface area contributed by atoms with Gasteiger partial charge in [0.1, 0.15) is 17.1 Å². The Morgan fingerprint density at radius 1 is 1.18 bits per heavy atom. The van der Waals surface area contributed by atoms with Crippen LogP contribution in [0.4, 0.5) is 0 Å². The van der Waals surface area contributed by atoms with Crippen LogP contribution in [0, 0.1) is 0 Å². The second-order valence-corrected chi connectivity index (χ2v) is 9.00. The van der Waals surface area contributed by atoms with Crippen molar-refractivity contribution in [3.8, 4) is 11.5 Å². The molecule has 4 nitrogen and oxygen atoms in total. The summed E-state index contributed by atoms with van der Waals surface area (Å²) in [5.74, 6) is 0.780. The summed E-state index contributed by atoms with van der Waals surface area (Å²) in [6.45, 7) is 6.15. The summed E-state index contributed by atoms with van der Waals surface area (Å²) in [5, 5.41) is 0. The summed E-state index contributed by atoms with van der Waals surface area (Å²) in [5.41, 5.74) is 0.427. The highest BCUT2D eigenvalue weighted by Crippen LogP contribution is 2.27. The van der Waals surface area contributed by atoms with Crippen molar-refractivity contribution < 1.29 is 18.7 Å². The van der Waals surface area contributed by atoms with E-state index in [1.54, 1.807) is 25.3 Å². The van der Waals surface area contributed by atoms with E-state index in [1.807, 2.05) is 19.6 Å². The van der Waals surface area contributed by atoms with E-state index in [9.17, 15) is 4.79 Å². The monoisotopic (exact) mass is 254 g/mol. The Hall–Kier alpha value is -1.49. The SMILES string of the molecule is COC(=O)c1ccc(OC)cc1O[Si](C)(C)C. The molecule has 0 spiro atoms. The van der Waals surface area contributed by atoms with Crippen molar-refractivity contribution in [2.75, 3.05) is 14.2 Å². The molecule has 0 amide bonds. The van der Waals surface area contributed by atoms with Gasteiger partial charge in [0.25, 0.3) is 0 Å². The minimum atomic E-state index is -1.79.